The lowest BCUT2D eigenvalue weighted by Gasteiger charge is -2.38. The van der Waals surface area contributed by atoms with E-state index in [2.05, 4.69) is 41.4 Å². The quantitative estimate of drug-likeness (QED) is 0.869. The van der Waals surface area contributed by atoms with E-state index in [1.54, 1.807) is 12.1 Å². The predicted octanol–water partition coefficient (Wildman–Crippen LogP) is 3.10. The fourth-order valence-corrected chi connectivity index (χ4v) is 3.53. The van der Waals surface area contributed by atoms with Crippen molar-refractivity contribution in [1.82, 2.24) is 10.2 Å². The summed E-state index contributed by atoms with van der Waals surface area (Å²) in [4.78, 5) is 29.8. The van der Waals surface area contributed by atoms with Crippen LogP contribution in [0.4, 0.5) is 5.69 Å². The molecule has 0 bridgehead atoms. The van der Waals surface area contributed by atoms with E-state index in [0.29, 0.717) is 18.7 Å². The Balaban J connectivity index is 1.62. The van der Waals surface area contributed by atoms with Gasteiger partial charge in [-0.25, -0.2) is 0 Å². The van der Waals surface area contributed by atoms with E-state index in [1.165, 1.54) is 11.3 Å². The minimum atomic E-state index is -0.516. The molecule has 2 aromatic rings. The first-order chi connectivity index (χ1) is 13.5. The number of hydrogen-bond donors (Lipinski definition) is 1. The highest BCUT2D eigenvalue weighted by Gasteiger charge is 2.31. The Bertz CT molecular complexity index is 812. The normalized spacial score (nSPS) is 15.4. The molecule has 0 radical (unpaired) electrons. The average Bonchev–Trinajstić information content (AvgIpc) is 2.72. The summed E-state index contributed by atoms with van der Waals surface area (Å²) in [7, 11) is 0. The van der Waals surface area contributed by atoms with Crippen molar-refractivity contribution >= 4 is 17.5 Å². The highest BCUT2D eigenvalue weighted by atomic mass is 16.2. The molecule has 1 aliphatic heterocycles. The van der Waals surface area contributed by atoms with Gasteiger partial charge < -0.3 is 15.1 Å². The number of benzene rings is 2. The maximum Gasteiger partial charge on any atom is 0.251 e. The molecule has 2 amide bonds. The van der Waals surface area contributed by atoms with Crippen molar-refractivity contribution in [2.75, 3.05) is 31.1 Å². The van der Waals surface area contributed by atoms with E-state index < -0.39 is 6.04 Å². The summed E-state index contributed by atoms with van der Waals surface area (Å²) in [6, 6.07) is 17.0. The zero-order chi connectivity index (χ0) is 20.1. The highest BCUT2D eigenvalue weighted by Crippen LogP contribution is 2.19. The van der Waals surface area contributed by atoms with Crippen molar-refractivity contribution in [1.29, 1.82) is 0 Å². The molecule has 1 fully saturated rings. The zero-order valence-electron chi connectivity index (χ0n) is 16.9. The topological polar surface area (TPSA) is 52.6 Å². The molecule has 1 atom stereocenters. The largest absolute Gasteiger partial charge is 0.368 e. The first-order valence-electron chi connectivity index (χ1n) is 9.92. The molecule has 28 heavy (non-hydrogen) atoms. The molecule has 3 rings (SSSR count). The third-order valence-corrected chi connectivity index (χ3v) is 5.21. The fraction of sp³-hybridized carbons (Fsp3) is 0.391. The molecule has 2 aromatic carbocycles. The molecule has 5 nitrogen and oxygen atoms in total. The molecule has 148 valence electrons. The number of aryl methyl sites for hydroxylation is 1. The summed E-state index contributed by atoms with van der Waals surface area (Å²) in [5.41, 5.74) is 3.01. The summed E-state index contributed by atoms with van der Waals surface area (Å²) in [5.74, 6) is -0.177. The van der Waals surface area contributed by atoms with Crippen LogP contribution in [0.5, 0.6) is 0 Å². The first kappa shape index (κ1) is 19.9. The lowest BCUT2D eigenvalue weighted by Crippen LogP contribution is -2.56. The third-order valence-electron chi connectivity index (χ3n) is 5.21. The highest BCUT2D eigenvalue weighted by molar-refractivity contribution is 5.97. The molecule has 1 saturated heterocycles. The van der Waals surface area contributed by atoms with Crippen LogP contribution in [-0.2, 0) is 4.79 Å². The van der Waals surface area contributed by atoms with Gasteiger partial charge >= 0.3 is 0 Å². The number of nitrogens with zero attached hydrogens (tertiary/aromatic N) is 2. The minimum absolute atomic E-state index is 0.00294. The van der Waals surface area contributed by atoms with Gasteiger partial charge in [0.05, 0.1) is 0 Å². The van der Waals surface area contributed by atoms with Crippen molar-refractivity contribution < 1.29 is 9.59 Å². The van der Waals surface area contributed by atoms with Crippen LogP contribution in [0.3, 0.4) is 0 Å². The lowest BCUT2D eigenvalue weighted by molar-refractivity contribution is -0.134. The summed E-state index contributed by atoms with van der Waals surface area (Å²) in [6.07, 6.45) is 0. The van der Waals surface area contributed by atoms with Gasteiger partial charge in [-0.05, 0) is 42.7 Å². The van der Waals surface area contributed by atoms with Crippen LogP contribution in [-0.4, -0.2) is 48.9 Å². The van der Waals surface area contributed by atoms with Gasteiger partial charge in [-0.2, -0.15) is 0 Å². The third kappa shape index (κ3) is 4.71. The van der Waals surface area contributed by atoms with Crippen LogP contribution >= 0.6 is 0 Å². The molecule has 0 saturated carbocycles. The molecule has 1 N–H and O–H groups in total. The van der Waals surface area contributed by atoms with Crippen LogP contribution < -0.4 is 10.2 Å². The Labute approximate surface area is 167 Å². The number of nitrogens with one attached hydrogen (secondary N) is 1. The molecule has 0 aromatic heterocycles. The number of rotatable bonds is 5. The summed E-state index contributed by atoms with van der Waals surface area (Å²) in [5, 5.41) is 2.94. The van der Waals surface area contributed by atoms with Crippen molar-refractivity contribution in [3.05, 3.63) is 65.7 Å². The minimum Gasteiger partial charge on any atom is -0.368 e. The number of amides is 2. The first-order valence-corrected chi connectivity index (χ1v) is 9.92. The molecule has 0 aliphatic carbocycles. The second kappa shape index (κ2) is 8.91. The lowest BCUT2D eigenvalue weighted by atomic mass is 10.0. The van der Waals surface area contributed by atoms with Gasteiger partial charge in [0.25, 0.3) is 5.91 Å². The van der Waals surface area contributed by atoms with Gasteiger partial charge in [-0.1, -0.05) is 44.2 Å². The molecule has 1 unspecified atom stereocenters. The second-order valence-electron chi connectivity index (χ2n) is 7.71. The maximum atomic E-state index is 13.1. The second-order valence-corrected chi connectivity index (χ2v) is 7.71. The Morgan fingerprint density at radius 1 is 0.929 bits per heavy atom. The van der Waals surface area contributed by atoms with Crippen LogP contribution in [0.1, 0.15) is 29.8 Å². The molecular weight excluding hydrogens is 350 g/mol. The molecule has 1 aliphatic rings. The summed E-state index contributed by atoms with van der Waals surface area (Å²) < 4.78 is 0. The van der Waals surface area contributed by atoms with E-state index in [1.807, 2.05) is 36.9 Å². The van der Waals surface area contributed by atoms with Gasteiger partial charge in [0, 0.05) is 37.4 Å². The Hall–Kier alpha value is -2.82. The number of carbonyl (C=O) groups is 2. The van der Waals surface area contributed by atoms with Gasteiger partial charge in [0.2, 0.25) is 5.91 Å². The maximum absolute atomic E-state index is 13.1. The molecule has 1 heterocycles. The molecular formula is C23H29N3O2. The van der Waals surface area contributed by atoms with Crippen LogP contribution in [0.2, 0.25) is 0 Å². The van der Waals surface area contributed by atoms with Crippen molar-refractivity contribution in [2.24, 2.45) is 5.92 Å². The number of hydrogen-bond acceptors (Lipinski definition) is 3. The Kier molecular flexibility index (Phi) is 6.34. The van der Waals surface area contributed by atoms with Gasteiger partial charge in [-0.15, -0.1) is 0 Å². The number of carbonyl (C=O) groups excluding carboxylic acids is 2. The monoisotopic (exact) mass is 379 g/mol. The van der Waals surface area contributed by atoms with E-state index in [0.717, 1.165) is 13.1 Å². The molecule has 0 spiro atoms. The van der Waals surface area contributed by atoms with Gasteiger partial charge in [-0.3, -0.25) is 9.59 Å². The van der Waals surface area contributed by atoms with Crippen LogP contribution in [0.25, 0.3) is 0 Å². The van der Waals surface area contributed by atoms with E-state index in [4.69, 9.17) is 0 Å². The van der Waals surface area contributed by atoms with E-state index in [-0.39, 0.29) is 17.7 Å². The predicted molar refractivity (Wildman–Crippen MR) is 113 cm³/mol. The van der Waals surface area contributed by atoms with E-state index in [9.17, 15) is 9.59 Å². The number of piperazine rings is 1. The van der Waals surface area contributed by atoms with E-state index >= 15 is 0 Å². The van der Waals surface area contributed by atoms with Crippen LogP contribution in [0, 0.1) is 12.8 Å². The zero-order valence-corrected chi connectivity index (χ0v) is 16.9. The summed E-state index contributed by atoms with van der Waals surface area (Å²) >= 11 is 0. The average molecular weight is 380 g/mol. The molecule has 5 heteroatoms. The smallest absolute Gasteiger partial charge is 0.251 e. The van der Waals surface area contributed by atoms with Crippen molar-refractivity contribution in [3.63, 3.8) is 0 Å². The number of anilines is 1. The summed E-state index contributed by atoms with van der Waals surface area (Å²) in [6.45, 7) is 8.95. The van der Waals surface area contributed by atoms with Gasteiger partial charge in [0.15, 0.2) is 0 Å². The standard InChI is InChI=1S/C23H29N3O2/c1-17(2)21(24-22(27)19-9-5-4-6-10-19)23(28)26-14-12-25(13-15-26)20-11-7-8-18(3)16-20/h4-11,16-17,21H,12-15H2,1-3H3,(H,24,27). The van der Waals surface area contributed by atoms with Crippen molar-refractivity contribution in [2.45, 2.75) is 26.8 Å². The van der Waals surface area contributed by atoms with Gasteiger partial charge in [0.1, 0.15) is 6.04 Å². The fourth-order valence-electron chi connectivity index (χ4n) is 3.53. The Morgan fingerprint density at radius 2 is 1.61 bits per heavy atom. The SMILES string of the molecule is Cc1cccc(N2CCN(C(=O)C(NC(=O)c3ccccc3)C(C)C)CC2)c1. The Morgan fingerprint density at radius 3 is 2.21 bits per heavy atom. The van der Waals surface area contributed by atoms with Crippen molar-refractivity contribution in [3.8, 4) is 0 Å². The van der Waals surface area contributed by atoms with Crippen LogP contribution in [0.15, 0.2) is 54.6 Å².